The molecule has 0 amide bonds. The summed E-state index contributed by atoms with van der Waals surface area (Å²) >= 11 is 1.22. The zero-order chi connectivity index (χ0) is 21.9. The predicted molar refractivity (Wildman–Crippen MR) is 123 cm³/mol. The Kier molecular flexibility index (Phi) is 5.93. The van der Waals surface area contributed by atoms with Crippen molar-refractivity contribution in [1.29, 1.82) is 0 Å². The van der Waals surface area contributed by atoms with Gasteiger partial charge in [-0.25, -0.2) is 0 Å². The maximum Gasteiger partial charge on any atom is 0.308 e. The van der Waals surface area contributed by atoms with Crippen molar-refractivity contribution in [3.63, 3.8) is 0 Å². The smallest absolute Gasteiger partial charge is 0.308 e. The summed E-state index contributed by atoms with van der Waals surface area (Å²) in [5, 5.41) is 6.05. The Morgan fingerprint density at radius 3 is 2.59 bits per heavy atom. The summed E-state index contributed by atoms with van der Waals surface area (Å²) in [7, 11) is 0. The molecule has 0 atom stereocenters. The minimum atomic E-state index is 0.0441. The van der Waals surface area contributed by atoms with E-state index in [4.69, 9.17) is 4.52 Å². The monoisotopic (exact) mass is 448 g/mol. The highest BCUT2D eigenvalue weighted by Gasteiger charge is 2.21. The SMILES string of the molecule is Cc1ccccc1-c1noc(CN2CCN(Cn3c(-c4ccccn4)csc3=O)CC2)n1. The number of thiazole rings is 1. The lowest BCUT2D eigenvalue weighted by atomic mass is 10.1. The predicted octanol–water partition coefficient (Wildman–Crippen LogP) is 3.11. The lowest BCUT2D eigenvalue weighted by Crippen LogP contribution is -2.47. The molecule has 164 valence electrons. The van der Waals surface area contributed by atoms with Crippen molar-refractivity contribution in [2.75, 3.05) is 26.2 Å². The van der Waals surface area contributed by atoms with E-state index in [1.807, 2.05) is 59.3 Å². The minimum absolute atomic E-state index is 0.0441. The number of piperazine rings is 1. The Hall–Kier alpha value is -3.14. The molecule has 0 unspecified atom stereocenters. The summed E-state index contributed by atoms with van der Waals surface area (Å²) in [6.07, 6.45) is 1.75. The van der Waals surface area contributed by atoms with Crippen LogP contribution in [-0.2, 0) is 13.2 Å². The molecular weight excluding hydrogens is 424 g/mol. The maximum atomic E-state index is 12.4. The van der Waals surface area contributed by atoms with Crippen molar-refractivity contribution < 1.29 is 4.52 Å². The summed E-state index contributed by atoms with van der Waals surface area (Å²) in [4.78, 5) is 26.1. The molecule has 0 N–H and O–H groups in total. The number of hydrogen-bond donors (Lipinski definition) is 0. The number of aromatic nitrogens is 4. The Bertz CT molecular complexity index is 1240. The molecule has 1 aliphatic heterocycles. The molecule has 0 bridgehead atoms. The van der Waals surface area contributed by atoms with Gasteiger partial charge in [-0.1, -0.05) is 46.8 Å². The Morgan fingerprint density at radius 2 is 1.81 bits per heavy atom. The molecule has 3 aromatic heterocycles. The average molecular weight is 449 g/mol. The third-order valence-electron chi connectivity index (χ3n) is 5.73. The van der Waals surface area contributed by atoms with Gasteiger partial charge in [0.1, 0.15) is 0 Å². The molecule has 5 rings (SSSR count). The first-order valence-corrected chi connectivity index (χ1v) is 11.5. The summed E-state index contributed by atoms with van der Waals surface area (Å²) in [6, 6.07) is 13.8. The zero-order valence-electron chi connectivity index (χ0n) is 17.8. The van der Waals surface area contributed by atoms with Gasteiger partial charge in [0.05, 0.1) is 24.6 Å². The van der Waals surface area contributed by atoms with E-state index in [2.05, 4.69) is 24.9 Å². The van der Waals surface area contributed by atoms with Crippen LogP contribution in [0.25, 0.3) is 22.8 Å². The first-order chi connectivity index (χ1) is 15.7. The summed E-state index contributed by atoms with van der Waals surface area (Å²) < 4.78 is 7.32. The molecule has 1 saturated heterocycles. The highest BCUT2D eigenvalue weighted by atomic mass is 32.1. The van der Waals surface area contributed by atoms with Crippen molar-refractivity contribution >= 4 is 11.3 Å². The Labute approximate surface area is 189 Å². The summed E-state index contributed by atoms with van der Waals surface area (Å²) in [5.74, 6) is 1.26. The van der Waals surface area contributed by atoms with Crippen LogP contribution in [0.4, 0.5) is 0 Å². The number of rotatable bonds is 6. The normalized spacial score (nSPS) is 15.3. The van der Waals surface area contributed by atoms with Gasteiger partial charge < -0.3 is 4.52 Å². The van der Waals surface area contributed by atoms with Crippen LogP contribution in [0.5, 0.6) is 0 Å². The first kappa shape index (κ1) is 20.7. The molecule has 0 saturated carbocycles. The van der Waals surface area contributed by atoms with Crippen LogP contribution in [0, 0.1) is 6.92 Å². The third kappa shape index (κ3) is 4.40. The highest BCUT2D eigenvalue weighted by Crippen LogP contribution is 2.21. The number of aryl methyl sites for hydroxylation is 1. The van der Waals surface area contributed by atoms with Crippen molar-refractivity contribution in [2.45, 2.75) is 20.1 Å². The number of nitrogens with zero attached hydrogens (tertiary/aromatic N) is 6. The fraction of sp³-hybridized carbons (Fsp3) is 0.304. The van der Waals surface area contributed by atoms with Gasteiger partial charge in [0, 0.05) is 43.3 Å². The highest BCUT2D eigenvalue weighted by molar-refractivity contribution is 7.07. The van der Waals surface area contributed by atoms with Crippen molar-refractivity contribution in [1.82, 2.24) is 29.5 Å². The van der Waals surface area contributed by atoms with Crippen LogP contribution >= 0.6 is 11.3 Å². The van der Waals surface area contributed by atoms with Crippen molar-refractivity contribution in [2.24, 2.45) is 0 Å². The zero-order valence-corrected chi connectivity index (χ0v) is 18.7. The van der Waals surface area contributed by atoms with E-state index in [0.717, 1.165) is 48.7 Å². The van der Waals surface area contributed by atoms with E-state index in [9.17, 15) is 4.79 Å². The quantitative estimate of drug-likeness (QED) is 0.448. The Balaban J connectivity index is 1.20. The second kappa shape index (κ2) is 9.15. The minimum Gasteiger partial charge on any atom is -0.338 e. The van der Waals surface area contributed by atoms with Crippen LogP contribution in [-0.4, -0.2) is 55.7 Å². The first-order valence-electron chi connectivity index (χ1n) is 10.6. The van der Waals surface area contributed by atoms with Crippen LogP contribution in [0.3, 0.4) is 0 Å². The van der Waals surface area contributed by atoms with Gasteiger partial charge >= 0.3 is 4.87 Å². The molecule has 32 heavy (non-hydrogen) atoms. The van der Waals surface area contributed by atoms with Crippen LogP contribution in [0.15, 0.2) is 63.4 Å². The third-order valence-corrected chi connectivity index (χ3v) is 6.49. The molecule has 1 aliphatic rings. The van der Waals surface area contributed by atoms with E-state index in [1.165, 1.54) is 11.3 Å². The maximum absolute atomic E-state index is 12.4. The van der Waals surface area contributed by atoms with Gasteiger partial charge in [0.2, 0.25) is 11.7 Å². The molecule has 4 aromatic rings. The van der Waals surface area contributed by atoms with Crippen molar-refractivity contribution in [3.05, 3.63) is 75.2 Å². The van der Waals surface area contributed by atoms with Crippen LogP contribution < -0.4 is 4.87 Å². The molecule has 9 heteroatoms. The van der Waals surface area contributed by atoms with Gasteiger partial charge in [-0.15, -0.1) is 0 Å². The van der Waals surface area contributed by atoms with Crippen molar-refractivity contribution in [3.8, 4) is 22.8 Å². The lowest BCUT2D eigenvalue weighted by Gasteiger charge is -2.34. The molecule has 1 aromatic carbocycles. The molecule has 0 radical (unpaired) electrons. The Morgan fingerprint density at radius 1 is 1.03 bits per heavy atom. The molecule has 4 heterocycles. The molecule has 8 nitrogen and oxygen atoms in total. The molecular formula is C23H24N6O2S. The van der Waals surface area contributed by atoms with Gasteiger partial charge in [0.15, 0.2) is 0 Å². The number of benzene rings is 1. The van der Waals surface area contributed by atoms with Gasteiger partial charge in [-0.05, 0) is 24.6 Å². The summed E-state index contributed by atoms with van der Waals surface area (Å²) in [5.41, 5.74) is 3.82. The second-order valence-electron chi connectivity index (χ2n) is 7.89. The van der Waals surface area contributed by atoms with E-state index in [-0.39, 0.29) is 4.87 Å². The molecule has 0 aliphatic carbocycles. The van der Waals surface area contributed by atoms with E-state index < -0.39 is 0 Å². The second-order valence-corrected chi connectivity index (χ2v) is 8.71. The van der Waals surface area contributed by atoms with E-state index >= 15 is 0 Å². The van der Waals surface area contributed by atoms with E-state index in [0.29, 0.717) is 24.9 Å². The molecule has 0 spiro atoms. The van der Waals surface area contributed by atoms with Gasteiger partial charge in [-0.3, -0.25) is 24.1 Å². The largest absolute Gasteiger partial charge is 0.338 e. The molecule has 1 fully saturated rings. The van der Waals surface area contributed by atoms with Gasteiger partial charge in [-0.2, -0.15) is 4.98 Å². The van der Waals surface area contributed by atoms with Crippen LogP contribution in [0.1, 0.15) is 11.5 Å². The number of hydrogen-bond acceptors (Lipinski definition) is 8. The lowest BCUT2D eigenvalue weighted by molar-refractivity contribution is 0.0951. The topological polar surface area (TPSA) is 80.3 Å². The fourth-order valence-corrected chi connectivity index (χ4v) is 4.65. The van der Waals surface area contributed by atoms with Crippen LogP contribution in [0.2, 0.25) is 0 Å². The van der Waals surface area contributed by atoms with Gasteiger partial charge in [0.25, 0.3) is 0 Å². The standard InChI is InChI=1S/C23H24N6O2S/c1-17-6-2-3-7-18(17)22-25-21(31-26-22)14-27-10-12-28(13-11-27)16-29-20(15-32-23(29)30)19-8-4-5-9-24-19/h2-9,15H,10-14,16H2,1H3. The summed E-state index contributed by atoms with van der Waals surface area (Å²) in [6.45, 7) is 6.72. The van der Waals surface area contributed by atoms with E-state index in [1.54, 1.807) is 6.20 Å². The number of pyridine rings is 1. The average Bonchev–Trinajstić information content (AvgIpc) is 3.43. The fourth-order valence-electron chi connectivity index (χ4n) is 3.91.